The molecule has 2 aromatic heterocycles. The molecule has 0 aliphatic heterocycles. The topological polar surface area (TPSA) is 98.2 Å². The molecule has 2 rings (SSSR count). The van der Waals surface area contributed by atoms with Gasteiger partial charge >= 0.3 is 0 Å². The minimum absolute atomic E-state index is 0.0648. The van der Waals surface area contributed by atoms with E-state index in [0.29, 0.717) is 11.5 Å². The van der Waals surface area contributed by atoms with Gasteiger partial charge in [0, 0.05) is 24.3 Å². The summed E-state index contributed by atoms with van der Waals surface area (Å²) in [6.45, 7) is 5.47. The van der Waals surface area contributed by atoms with Crippen LogP contribution >= 0.6 is 0 Å². The van der Waals surface area contributed by atoms with Crippen molar-refractivity contribution in [1.82, 2.24) is 9.71 Å². The molecule has 114 valence electrons. The lowest BCUT2D eigenvalue weighted by Crippen LogP contribution is -2.28. The third-order valence-corrected chi connectivity index (χ3v) is 4.82. The Hall–Kier alpha value is -1.70. The fraction of sp³-hybridized carbons (Fsp3) is 0.357. The average Bonchev–Trinajstić information content (AvgIpc) is 2.77. The number of furan rings is 1. The Bertz CT molecular complexity index is 738. The fourth-order valence-electron chi connectivity index (χ4n) is 2.26. The van der Waals surface area contributed by atoms with Crippen molar-refractivity contribution in [2.24, 2.45) is 5.73 Å². The Morgan fingerprint density at radius 3 is 2.71 bits per heavy atom. The Morgan fingerprint density at radius 1 is 1.43 bits per heavy atom. The molecule has 2 heterocycles. The average molecular weight is 309 g/mol. The van der Waals surface area contributed by atoms with E-state index in [-0.39, 0.29) is 11.4 Å². The van der Waals surface area contributed by atoms with Crippen LogP contribution < -0.4 is 10.5 Å². The largest absolute Gasteiger partial charge is 0.466 e. The number of hydrogen-bond acceptors (Lipinski definition) is 5. The Kier molecular flexibility index (Phi) is 4.46. The molecular formula is C14H19N3O3S. The fourth-order valence-corrected chi connectivity index (χ4v) is 3.68. The predicted octanol–water partition coefficient (Wildman–Crippen LogP) is 1.79. The van der Waals surface area contributed by atoms with E-state index in [9.17, 15) is 8.42 Å². The highest BCUT2D eigenvalue weighted by molar-refractivity contribution is 7.89. The Balaban J connectivity index is 2.31. The van der Waals surface area contributed by atoms with Crippen LogP contribution in [0.5, 0.6) is 0 Å². The highest BCUT2D eigenvalue weighted by Gasteiger charge is 2.23. The van der Waals surface area contributed by atoms with Gasteiger partial charge in [-0.3, -0.25) is 4.98 Å². The van der Waals surface area contributed by atoms with E-state index in [1.807, 2.05) is 19.9 Å². The standard InChI is InChI=1S/C14H19N3O3S/c1-9-7-12(11(3)20-9)10(2)17-21(18,19)14-5-4-6-16-13(14)8-15/h4-7,10,17H,8,15H2,1-3H3. The summed E-state index contributed by atoms with van der Waals surface area (Å²) in [7, 11) is -3.69. The third kappa shape index (κ3) is 3.31. The summed E-state index contributed by atoms with van der Waals surface area (Å²) < 4.78 is 33.0. The number of nitrogens with one attached hydrogen (secondary N) is 1. The van der Waals surface area contributed by atoms with Crippen LogP contribution in [0.25, 0.3) is 0 Å². The van der Waals surface area contributed by atoms with E-state index < -0.39 is 16.1 Å². The predicted molar refractivity (Wildman–Crippen MR) is 79.0 cm³/mol. The van der Waals surface area contributed by atoms with Crippen molar-refractivity contribution in [3.8, 4) is 0 Å². The normalized spacial score (nSPS) is 13.3. The highest BCUT2D eigenvalue weighted by Crippen LogP contribution is 2.23. The van der Waals surface area contributed by atoms with E-state index in [1.54, 1.807) is 13.0 Å². The third-order valence-electron chi connectivity index (χ3n) is 3.21. The van der Waals surface area contributed by atoms with Crippen molar-refractivity contribution < 1.29 is 12.8 Å². The summed E-state index contributed by atoms with van der Waals surface area (Å²) in [4.78, 5) is 4.11. The molecule has 1 unspecified atom stereocenters. The molecule has 0 spiro atoms. The minimum Gasteiger partial charge on any atom is -0.466 e. The number of pyridine rings is 1. The maximum atomic E-state index is 12.5. The van der Waals surface area contributed by atoms with E-state index in [0.717, 1.165) is 11.3 Å². The number of sulfonamides is 1. The van der Waals surface area contributed by atoms with Gasteiger partial charge in [0.2, 0.25) is 10.0 Å². The van der Waals surface area contributed by atoms with E-state index in [2.05, 4.69) is 9.71 Å². The second-order valence-corrected chi connectivity index (χ2v) is 6.55. The summed E-state index contributed by atoms with van der Waals surface area (Å²) in [6.07, 6.45) is 1.52. The number of rotatable bonds is 5. The molecule has 0 saturated carbocycles. The molecule has 0 aliphatic rings. The van der Waals surface area contributed by atoms with Gasteiger partial charge in [0.15, 0.2) is 0 Å². The van der Waals surface area contributed by atoms with Gasteiger partial charge in [0.05, 0.1) is 5.69 Å². The molecule has 0 radical (unpaired) electrons. The first-order valence-corrected chi connectivity index (χ1v) is 8.06. The van der Waals surface area contributed by atoms with Crippen molar-refractivity contribution in [2.75, 3.05) is 0 Å². The lowest BCUT2D eigenvalue weighted by molar-refractivity contribution is 0.496. The van der Waals surface area contributed by atoms with Crippen LogP contribution in [0.15, 0.2) is 33.7 Å². The maximum Gasteiger partial charge on any atom is 0.242 e. The zero-order chi connectivity index (χ0) is 15.6. The SMILES string of the molecule is Cc1cc(C(C)NS(=O)(=O)c2cccnc2CN)c(C)o1. The molecule has 21 heavy (non-hydrogen) atoms. The summed E-state index contributed by atoms with van der Waals surface area (Å²) in [5.41, 5.74) is 6.71. The van der Waals surface area contributed by atoms with Gasteiger partial charge in [-0.15, -0.1) is 0 Å². The molecule has 0 bridgehead atoms. The molecule has 2 aromatic rings. The van der Waals surface area contributed by atoms with E-state index in [4.69, 9.17) is 10.2 Å². The zero-order valence-electron chi connectivity index (χ0n) is 12.3. The van der Waals surface area contributed by atoms with Crippen LogP contribution in [0.2, 0.25) is 0 Å². The number of hydrogen-bond donors (Lipinski definition) is 2. The Morgan fingerprint density at radius 2 is 2.14 bits per heavy atom. The molecule has 0 saturated heterocycles. The molecule has 0 aliphatic carbocycles. The van der Waals surface area contributed by atoms with Crippen LogP contribution in [-0.4, -0.2) is 13.4 Å². The molecule has 1 atom stereocenters. The van der Waals surface area contributed by atoms with Gasteiger partial charge in [0.25, 0.3) is 0 Å². The van der Waals surface area contributed by atoms with Gasteiger partial charge in [-0.2, -0.15) is 0 Å². The van der Waals surface area contributed by atoms with Crippen molar-refractivity contribution in [3.63, 3.8) is 0 Å². The maximum absolute atomic E-state index is 12.5. The molecule has 6 nitrogen and oxygen atoms in total. The van der Waals surface area contributed by atoms with Crippen LogP contribution in [0.3, 0.4) is 0 Å². The summed E-state index contributed by atoms with van der Waals surface area (Å²) in [5.74, 6) is 1.45. The quantitative estimate of drug-likeness (QED) is 0.877. The number of aryl methyl sites for hydroxylation is 2. The van der Waals surface area contributed by atoms with Crippen LogP contribution in [0.1, 0.15) is 35.7 Å². The minimum atomic E-state index is -3.69. The van der Waals surface area contributed by atoms with Crippen LogP contribution in [0.4, 0.5) is 0 Å². The van der Waals surface area contributed by atoms with Crippen molar-refractivity contribution >= 4 is 10.0 Å². The van der Waals surface area contributed by atoms with Crippen molar-refractivity contribution in [1.29, 1.82) is 0 Å². The monoisotopic (exact) mass is 309 g/mol. The van der Waals surface area contributed by atoms with Crippen molar-refractivity contribution in [3.05, 3.63) is 47.2 Å². The van der Waals surface area contributed by atoms with Gasteiger partial charge in [-0.1, -0.05) is 0 Å². The van der Waals surface area contributed by atoms with Crippen molar-refractivity contribution in [2.45, 2.75) is 38.3 Å². The van der Waals surface area contributed by atoms with Gasteiger partial charge in [0.1, 0.15) is 16.4 Å². The van der Waals surface area contributed by atoms with E-state index in [1.165, 1.54) is 12.3 Å². The summed E-state index contributed by atoms with van der Waals surface area (Å²) in [6, 6.07) is 4.50. The van der Waals surface area contributed by atoms with E-state index >= 15 is 0 Å². The first kappa shape index (κ1) is 15.7. The lowest BCUT2D eigenvalue weighted by Gasteiger charge is -2.15. The Labute approximate surface area is 124 Å². The molecule has 0 aromatic carbocycles. The van der Waals surface area contributed by atoms with Crippen LogP contribution in [-0.2, 0) is 16.6 Å². The summed E-state index contributed by atoms with van der Waals surface area (Å²) >= 11 is 0. The lowest BCUT2D eigenvalue weighted by atomic mass is 10.1. The molecule has 0 fully saturated rings. The highest BCUT2D eigenvalue weighted by atomic mass is 32.2. The first-order valence-electron chi connectivity index (χ1n) is 6.58. The number of nitrogens with zero attached hydrogens (tertiary/aromatic N) is 1. The molecular weight excluding hydrogens is 290 g/mol. The second-order valence-electron chi connectivity index (χ2n) is 4.86. The second kappa shape index (κ2) is 5.97. The molecule has 0 amide bonds. The molecule has 3 N–H and O–H groups in total. The number of nitrogens with two attached hydrogens (primary N) is 1. The summed E-state index contributed by atoms with van der Waals surface area (Å²) in [5, 5.41) is 0. The van der Waals surface area contributed by atoms with Crippen LogP contribution in [0, 0.1) is 13.8 Å². The first-order chi connectivity index (χ1) is 9.85. The smallest absolute Gasteiger partial charge is 0.242 e. The number of aromatic nitrogens is 1. The van der Waals surface area contributed by atoms with Gasteiger partial charge in [-0.05, 0) is 39.0 Å². The molecule has 7 heteroatoms. The van der Waals surface area contributed by atoms with Gasteiger partial charge in [-0.25, -0.2) is 13.1 Å². The zero-order valence-corrected chi connectivity index (χ0v) is 13.1. The van der Waals surface area contributed by atoms with Gasteiger partial charge < -0.3 is 10.2 Å².